The quantitative estimate of drug-likeness (QED) is 0.408. The third-order valence-corrected chi connectivity index (χ3v) is 6.15. The van der Waals surface area contributed by atoms with Crippen molar-refractivity contribution in [2.75, 3.05) is 5.75 Å². The fourth-order valence-electron chi connectivity index (χ4n) is 2.34. The summed E-state index contributed by atoms with van der Waals surface area (Å²) in [5, 5.41) is 8.86. The van der Waals surface area contributed by atoms with E-state index in [1.165, 1.54) is 5.56 Å². The smallest absolute Gasteiger partial charge is 0.303 e. The van der Waals surface area contributed by atoms with Gasteiger partial charge in [0.15, 0.2) is 0 Å². The van der Waals surface area contributed by atoms with Crippen molar-refractivity contribution in [3.63, 3.8) is 0 Å². The van der Waals surface area contributed by atoms with E-state index < -0.39 is 25.1 Å². The Labute approximate surface area is 171 Å². The Balaban J connectivity index is 1.97. The molecule has 1 N–H and O–H groups in total. The molecule has 1 atom stereocenters. The lowest BCUT2D eigenvalue weighted by Gasteiger charge is -2.16. The van der Waals surface area contributed by atoms with Crippen LogP contribution in [0.15, 0.2) is 60.7 Å². The van der Waals surface area contributed by atoms with Gasteiger partial charge in [-0.2, -0.15) is 23.5 Å². The maximum Gasteiger partial charge on any atom is 0.303 e. The van der Waals surface area contributed by atoms with Crippen LogP contribution in [0.2, 0.25) is 0 Å². The van der Waals surface area contributed by atoms with E-state index in [9.17, 15) is 4.79 Å². The molecule has 140 valence electrons. The standard InChI is InChI=1S/C22H28O2S2/c23-22(24)14-8-7-13-21(26-18-20-11-5-2-6-12-20)15-16-25-17-19-9-3-1-4-10-19/h1-6,9-12,21H,7-8,13-18H2,(H,23,24)/t21-/m1/s1/i7D2,8D2. The molecule has 0 unspecified atom stereocenters. The Hall–Kier alpha value is -1.39. The van der Waals surface area contributed by atoms with Crippen LogP contribution in [0.1, 0.15) is 48.6 Å². The first-order valence-electron chi connectivity index (χ1n) is 10.7. The Morgan fingerprint density at radius 3 is 2.15 bits per heavy atom. The fraction of sp³-hybridized carbons (Fsp3) is 0.409. The lowest BCUT2D eigenvalue weighted by molar-refractivity contribution is -0.137. The maximum absolute atomic E-state index is 11.0. The summed E-state index contributed by atoms with van der Waals surface area (Å²) >= 11 is 3.39. The molecule has 26 heavy (non-hydrogen) atoms. The normalized spacial score (nSPS) is 15.4. The summed E-state index contributed by atoms with van der Waals surface area (Å²) in [7, 11) is 0. The zero-order valence-electron chi connectivity index (χ0n) is 18.8. The molecule has 0 saturated heterocycles. The molecule has 0 heterocycles. The SMILES string of the molecule is [2H]C([2H])(CC(=O)O)C([2H])([2H])C[C@H](CCSCc1ccccc1)SCc1ccccc1. The summed E-state index contributed by atoms with van der Waals surface area (Å²) in [6, 6.07) is 20.1. The Morgan fingerprint density at radius 2 is 1.54 bits per heavy atom. The number of carbonyl (C=O) groups is 1. The van der Waals surface area contributed by atoms with Crippen LogP contribution < -0.4 is 0 Å². The number of carboxylic acid groups (broad SMARTS) is 1. The molecule has 0 bridgehead atoms. The monoisotopic (exact) mass is 392 g/mol. The highest BCUT2D eigenvalue weighted by Gasteiger charge is 2.10. The topological polar surface area (TPSA) is 37.3 Å². The molecule has 0 spiro atoms. The van der Waals surface area contributed by atoms with Gasteiger partial charge in [0.1, 0.15) is 0 Å². The average Bonchev–Trinajstić information content (AvgIpc) is 2.69. The molecule has 0 fully saturated rings. The van der Waals surface area contributed by atoms with Crippen molar-refractivity contribution in [3.05, 3.63) is 71.8 Å². The van der Waals surface area contributed by atoms with Crippen LogP contribution in [0.4, 0.5) is 0 Å². The van der Waals surface area contributed by atoms with Crippen molar-refractivity contribution < 1.29 is 15.4 Å². The molecule has 0 aliphatic carbocycles. The van der Waals surface area contributed by atoms with Crippen molar-refractivity contribution in [1.82, 2.24) is 0 Å². The van der Waals surface area contributed by atoms with Crippen LogP contribution in [-0.2, 0) is 16.3 Å². The molecule has 0 amide bonds. The predicted octanol–water partition coefficient (Wildman–Crippen LogP) is 6.26. The molecule has 0 radical (unpaired) electrons. The average molecular weight is 393 g/mol. The third kappa shape index (κ3) is 9.35. The van der Waals surface area contributed by atoms with Crippen molar-refractivity contribution in [3.8, 4) is 0 Å². The van der Waals surface area contributed by atoms with Gasteiger partial charge in [-0.15, -0.1) is 0 Å². The van der Waals surface area contributed by atoms with E-state index in [2.05, 4.69) is 12.1 Å². The number of rotatable bonds is 13. The van der Waals surface area contributed by atoms with Crippen LogP contribution in [0.25, 0.3) is 0 Å². The lowest BCUT2D eigenvalue weighted by atomic mass is 10.1. The molecule has 2 rings (SSSR count). The maximum atomic E-state index is 11.0. The Bertz CT molecular complexity index is 773. The molecule has 4 heteroatoms. The van der Waals surface area contributed by atoms with Gasteiger partial charge in [0, 0.05) is 28.7 Å². The number of benzene rings is 2. The molecule has 0 saturated carbocycles. The molecular weight excluding hydrogens is 360 g/mol. The predicted molar refractivity (Wildman–Crippen MR) is 115 cm³/mol. The molecule has 2 aromatic carbocycles. The van der Waals surface area contributed by atoms with Gasteiger partial charge in [0.05, 0.1) is 0 Å². The molecule has 0 aromatic heterocycles. The minimum absolute atomic E-state index is 0.0172. The second kappa shape index (κ2) is 12.9. The van der Waals surface area contributed by atoms with E-state index in [1.807, 2.05) is 48.5 Å². The van der Waals surface area contributed by atoms with Crippen molar-refractivity contribution in [2.45, 2.75) is 48.8 Å². The van der Waals surface area contributed by atoms with Crippen LogP contribution in [0, 0.1) is 0 Å². The Kier molecular flexibility index (Phi) is 7.75. The second-order valence-electron chi connectivity index (χ2n) is 5.87. The zero-order chi connectivity index (χ0) is 22.0. The number of thioether (sulfide) groups is 2. The van der Waals surface area contributed by atoms with E-state index in [0.29, 0.717) is 5.75 Å². The van der Waals surface area contributed by atoms with Crippen molar-refractivity contribution >= 4 is 29.5 Å². The first-order valence-corrected chi connectivity index (χ1v) is 10.9. The van der Waals surface area contributed by atoms with E-state index >= 15 is 0 Å². The molecule has 2 aromatic rings. The summed E-state index contributed by atoms with van der Waals surface area (Å²) in [5.41, 5.74) is 2.38. The van der Waals surface area contributed by atoms with Crippen LogP contribution >= 0.6 is 23.5 Å². The number of carboxylic acids is 1. The van der Waals surface area contributed by atoms with Gasteiger partial charge in [-0.1, -0.05) is 67.0 Å². The summed E-state index contributed by atoms with van der Waals surface area (Å²) in [5.74, 6) is 1.10. The minimum Gasteiger partial charge on any atom is -0.481 e. The first-order chi connectivity index (χ1) is 14.2. The molecule has 2 nitrogen and oxygen atoms in total. The van der Waals surface area contributed by atoms with Gasteiger partial charge < -0.3 is 5.11 Å². The van der Waals surface area contributed by atoms with E-state index in [-0.39, 0.29) is 11.7 Å². The van der Waals surface area contributed by atoms with Gasteiger partial charge in [-0.3, -0.25) is 4.79 Å². The number of hydrogen-bond donors (Lipinski definition) is 1. The van der Waals surface area contributed by atoms with Gasteiger partial charge in [0.2, 0.25) is 0 Å². The van der Waals surface area contributed by atoms with Gasteiger partial charge in [0.25, 0.3) is 0 Å². The molecule has 0 aliphatic rings. The fourth-order valence-corrected chi connectivity index (χ4v) is 4.61. The van der Waals surface area contributed by atoms with E-state index in [4.69, 9.17) is 10.6 Å². The zero-order valence-corrected chi connectivity index (χ0v) is 16.4. The summed E-state index contributed by atoms with van der Waals surface area (Å²) in [6.45, 7) is 0. The van der Waals surface area contributed by atoms with Gasteiger partial charge >= 0.3 is 5.97 Å². The van der Waals surface area contributed by atoms with Crippen LogP contribution in [0.5, 0.6) is 0 Å². The van der Waals surface area contributed by atoms with Crippen molar-refractivity contribution in [1.29, 1.82) is 0 Å². The minimum atomic E-state index is -2.42. The summed E-state index contributed by atoms with van der Waals surface area (Å²) < 4.78 is 32.5. The van der Waals surface area contributed by atoms with Gasteiger partial charge in [-0.25, -0.2) is 0 Å². The van der Waals surface area contributed by atoms with Gasteiger partial charge in [-0.05, 0) is 36.1 Å². The third-order valence-electron chi connectivity index (χ3n) is 3.72. The number of hydrogen-bond acceptors (Lipinski definition) is 3. The largest absolute Gasteiger partial charge is 0.481 e. The van der Waals surface area contributed by atoms with Crippen LogP contribution in [0.3, 0.4) is 0 Å². The van der Waals surface area contributed by atoms with E-state index in [0.717, 1.165) is 23.5 Å². The number of aliphatic carboxylic acids is 1. The Morgan fingerprint density at radius 1 is 0.923 bits per heavy atom. The highest BCUT2D eigenvalue weighted by molar-refractivity contribution is 7.99. The molecule has 0 aliphatic heterocycles. The summed E-state index contributed by atoms with van der Waals surface area (Å²) in [6.07, 6.45) is -4.75. The van der Waals surface area contributed by atoms with Crippen LogP contribution in [-0.4, -0.2) is 22.1 Å². The lowest BCUT2D eigenvalue weighted by Crippen LogP contribution is -2.06. The van der Waals surface area contributed by atoms with E-state index in [1.54, 1.807) is 23.5 Å². The molecular formula is C22H28O2S2. The highest BCUT2D eigenvalue weighted by Crippen LogP contribution is 2.27. The highest BCUT2D eigenvalue weighted by atomic mass is 32.2. The van der Waals surface area contributed by atoms with Crippen molar-refractivity contribution in [2.24, 2.45) is 0 Å². The first kappa shape index (κ1) is 15.6. The second-order valence-corrected chi connectivity index (χ2v) is 8.27. The summed E-state index contributed by atoms with van der Waals surface area (Å²) in [4.78, 5) is 11.0.